The van der Waals surface area contributed by atoms with Crippen molar-refractivity contribution in [3.8, 4) is 0 Å². The maximum atomic E-state index is 13.0. The molecule has 0 spiro atoms. The Morgan fingerprint density at radius 2 is 2.09 bits per heavy atom. The number of benzene rings is 1. The summed E-state index contributed by atoms with van der Waals surface area (Å²) in [5.41, 5.74) is 2.13. The van der Waals surface area contributed by atoms with E-state index in [1.165, 1.54) is 12.1 Å². The standard InChI is InChI=1S/C18H20FN3O/c19-15-3-1-13(2-4-15)10-22-8-6-14-9-17(23-18(14)11-22)16-5-7-20-12-21-16/h1-5,7,12,14,17-18H,6,8-11H2/t14-,17+,18+/m0/s1. The Morgan fingerprint density at radius 1 is 1.22 bits per heavy atom. The Kier molecular flexibility index (Phi) is 4.06. The fourth-order valence-corrected chi connectivity index (χ4v) is 3.67. The first-order valence-electron chi connectivity index (χ1n) is 8.16. The van der Waals surface area contributed by atoms with Gasteiger partial charge < -0.3 is 4.74 Å². The molecule has 0 unspecified atom stereocenters. The molecule has 0 aliphatic carbocycles. The third-order valence-corrected chi connectivity index (χ3v) is 4.89. The number of halogens is 1. The lowest BCUT2D eigenvalue weighted by atomic mass is 9.91. The summed E-state index contributed by atoms with van der Waals surface area (Å²) in [4.78, 5) is 10.7. The van der Waals surface area contributed by atoms with Crippen LogP contribution in [0.4, 0.5) is 4.39 Å². The van der Waals surface area contributed by atoms with E-state index in [0.29, 0.717) is 5.92 Å². The second kappa shape index (κ2) is 6.34. The van der Waals surface area contributed by atoms with Crippen LogP contribution in [0.1, 0.15) is 30.2 Å². The molecule has 0 saturated carbocycles. The number of hydrogen-bond donors (Lipinski definition) is 0. The summed E-state index contributed by atoms with van der Waals surface area (Å²) < 4.78 is 19.2. The van der Waals surface area contributed by atoms with Gasteiger partial charge in [0.05, 0.1) is 11.8 Å². The normalized spacial score (nSPS) is 27.8. The van der Waals surface area contributed by atoms with Crippen molar-refractivity contribution in [2.45, 2.75) is 31.6 Å². The number of ether oxygens (including phenoxy) is 1. The van der Waals surface area contributed by atoms with Crippen LogP contribution in [0.15, 0.2) is 42.9 Å². The average Bonchev–Trinajstić information content (AvgIpc) is 3.01. The Balaban J connectivity index is 1.38. The van der Waals surface area contributed by atoms with Gasteiger partial charge in [0, 0.05) is 19.3 Å². The van der Waals surface area contributed by atoms with Crippen molar-refractivity contribution in [3.63, 3.8) is 0 Å². The van der Waals surface area contributed by atoms with Gasteiger partial charge in [0.15, 0.2) is 0 Å². The first-order valence-corrected chi connectivity index (χ1v) is 8.16. The molecule has 0 bridgehead atoms. The van der Waals surface area contributed by atoms with Crippen LogP contribution in [0, 0.1) is 11.7 Å². The second-order valence-electron chi connectivity index (χ2n) is 6.44. The molecule has 0 N–H and O–H groups in total. The topological polar surface area (TPSA) is 38.2 Å². The van der Waals surface area contributed by atoms with E-state index in [9.17, 15) is 4.39 Å². The summed E-state index contributed by atoms with van der Waals surface area (Å²) in [6.07, 6.45) is 5.91. The molecule has 0 radical (unpaired) electrons. The predicted molar refractivity (Wildman–Crippen MR) is 84.0 cm³/mol. The van der Waals surface area contributed by atoms with Crippen molar-refractivity contribution in [3.05, 3.63) is 59.9 Å². The summed E-state index contributed by atoms with van der Waals surface area (Å²) in [5.74, 6) is 0.429. The minimum absolute atomic E-state index is 0.0961. The number of piperidine rings is 1. The fraction of sp³-hybridized carbons (Fsp3) is 0.444. The molecule has 120 valence electrons. The van der Waals surface area contributed by atoms with Crippen LogP contribution in [-0.4, -0.2) is 34.1 Å². The van der Waals surface area contributed by atoms with Crippen LogP contribution < -0.4 is 0 Å². The van der Waals surface area contributed by atoms with Gasteiger partial charge in [0.2, 0.25) is 0 Å². The van der Waals surface area contributed by atoms with Crippen LogP contribution in [0.5, 0.6) is 0 Å². The predicted octanol–water partition coefficient (Wildman–Crippen LogP) is 2.97. The SMILES string of the molecule is Fc1ccc(CN2CC[C@H]3C[C@H](c4ccncn4)O[C@@H]3C2)cc1. The van der Waals surface area contributed by atoms with Gasteiger partial charge in [-0.15, -0.1) is 0 Å². The molecule has 4 rings (SSSR count). The summed E-state index contributed by atoms with van der Waals surface area (Å²) in [5, 5.41) is 0. The largest absolute Gasteiger partial charge is 0.367 e. The fourth-order valence-electron chi connectivity index (χ4n) is 3.67. The van der Waals surface area contributed by atoms with Crippen LogP contribution in [-0.2, 0) is 11.3 Å². The lowest BCUT2D eigenvalue weighted by Crippen LogP contribution is -2.41. The highest BCUT2D eigenvalue weighted by Crippen LogP contribution is 2.40. The second-order valence-corrected chi connectivity index (χ2v) is 6.44. The van der Waals surface area contributed by atoms with E-state index in [4.69, 9.17) is 4.74 Å². The zero-order chi connectivity index (χ0) is 15.6. The van der Waals surface area contributed by atoms with Gasteiger partial charge in [-0.3, -0.25) is 4.90 Å². The van der Waals surface area contributed by atoms with Gasteiger partial charge in [-0.2, -0.15) is 0 Å². The maximum absolute atomic E-state index is 13.0. The Labute approximate surface area is 135 Å². The van der Waals surface area contributed by atoms with Crippen LogP contribution in [0.2, 0.25) is 0 Å². The molecule has 1 aromatic heterocycles. The number of aromatic nitrogens is 2. The number of likely N-dealkylation sites (tertiary alicyclic amines) is 1. The summed E-state index contributed by atoms with van der Waals surface area (Å²) in [6, 6.07) is 8.72. The van der Waals surface area contributed by atoms with Crippen LogP contribution in [0.25, 0.3) is 0 Å². The Bertz CT molecular complexity index is 649. The number of nitrogens with zero attached hydrogens (tertiary/aromatic N) is 3. The van der Waals surface area contributed by atoms with Crippen LogP contribution >= 0.6 is 0 Å². The highest BCUT2D eigenvalue weighted by molar-refractivity contribution is 5.16. The minimum atomic E-state index is -0.181. The van der Waals surface area contributed by atoms with E-state index >= 15 is 0 Å². The molecule has 2 aromatic rings. The van der Waals surface area contributed by atoms with Gasteiger partial charge in [-0.05, 0) is 49.1 Å². The first-order chi connectivity index (χ1) is 11.3. The molecule has 2 aliphatic rings. The van der Waals surface area contributed by atoms with Crippen molar-refractivity contribution in [1.29, 1.82) is 0 Å². The highest BCUT2D eigenvalue weighted by Gasteiger charge is 2.39. The van der Waals surface area contributed by atoms with Gasteiger partial charge in [0.25, 0.3) is 0 Å². The summed E-state index contributed by atoms with van der Waals surface area (Å²) in [7, 11) is 0. The van der Waals surface area contributed by atoms with E-state index in [1.807, 2.05) is 18.2 Å². The van der Waals surface area contributed by atoms with E-state index in [1.54, 1.807) is 12.5 Å². The third kappa shape index (κ3) is 3.26. The Morgan fingerprint density at radius 3 is 2.87 bits per heavy atom. The number of hydrogen-bond acceptors (Lipinski definition) is 4. The third-order valence-electron chi connectivity index (χ3n) is 4.89. The zero-order valence-corrected chi connectivity index (χ0v) is 12.9. The molecule has 0 amide bonds. The molecule has 2 aliphatic heterocycles. The molecule has 3 atom stereocenters. The van der Waals surface area contributed by atoms with Crippen molar-refractivity contribution in [2.75, 3.05) is 13.1 Å². The number of rotatable bonds is 3. The first kappa shape index (κ1) is 14.7. The average molecular weight is 313 g/mol. The quantitative estimate of drug-likeness (QED) is 0.873. The molecule has 2 saturated heterocycles. The molecule has 3 heterocycles. The highest BCUT2D eigenvalue weighted by atomic mass is 19.1. The lowest BCUT2D eigenvalue weighted by molar-refractivity contribution is -0.0106. The number of fused-ring (bicyclic) bond motifs is 1. The molecule has 5 heteroatoms. The van der Waals surface area contributed by atoms with E-state index < -0.39 is 0 Å². The monoisotopic (exact) mass is 313 g/mol. The maximum Gasteiger partial charge on any atom is 0.123 e. The zero-order valence-electron chi connectivity index (χ0n) is 12.9. The minimum Gasteiger partial charge on any atom is -0.367 e. The van der Waals surface area contributed by atoms with Crippen molar-refractivity contribution < 1.29 is 9.13 Å². The van der Waals surface area contributed by atoms with E-state index in [-0.39, 0.29) is 18.0 Å². The molecule has 23 heavy (non-hydrogen) atoms. The summed E-state index contributed by atoms with van der Waals surface area (Å²) in [6.45, 7) is 2.85. The summed E-state index contributed by atoms with van der Waals surface area (Å²) >= 11 is 0. The molecule has 1 aromatic carbocycles. The molecular weight excluding hydrogens is 293 g/mol. The smallest absolute Gasteiger partial charge is 0.123 e. The van der Waals surface area contributed by atoms with Crippen molar-refractivity contribution >= 4 is 0 Å². The van der Waals surface area contributed by atoms with E-state index in [0.717, 1.165) is 43.7 Å². The van der Waals surface area contributed by atoms with Crippen LogP contribution in [0.3, 0.4) is 0 Å². The van der Waals surface area contributed by atoms with Gasteiger partial charge in [-0.1, -0.05) is 12.1 Å². The molecule has 4 nitrogen and oxygen atoms in total. The van der Waals surface area contributed by atoms with Crippen molar-refractivity contribution in [2.24, 2.45) is 5.92 Å². The van der Waals surface area contributed by atoms with Crippen molar-refractivity contribution in [1.82, 2.24) is 14.9 Å². The van der Waals surface area contributed by atoms with E-state index in [2.05, 4.69) is 14.9 Å². The Hall–Kier alpha value is -1.85. The molecular formula is C18H20FN3O. The van der Waals surface area contributed by atoms with Gasteiger partial charge in [-0.25, -0.2) is 14.4 Å². The van der Waals surface area contributed by atoms with Gasteiger partial charge >= 0.3 is 0 Å². The van der Waals surface area contributed by atoms with Gasteiger partial charge in [0.1, 0.15) is 18.2 Å². The lowest BCUT2D eigenvalue weighted by Gasteiger charge is -2.34. The molecule has 2 fully saturated rings.